The van der Waals surface area contributed by atoms with Gasteiger partial charge in [-0.15, -0.1) is 0 Å². The summed E-state index contributed by atoms with van der Waals surface area (Å²) < 4.78 is 44.4. The van der Waals surface area contributed by atoms with E-state index in [1.54, 1.807) is 4.90 Å². The molecule has 8 nitrogen and oxygen atoms in total. The number of urea groups is 1. The maximum absolute atomic E-state index is 13.2. The van der Waals surface area contributed by atoms with E-state index in [4.69, 9.17) is 4.74 Å². The average Bonchev–Trinajstić information content (AvgIpc) is 2.80. The fraction of sp³-hybridized carbons (Fsp3) is 0.577. The van der Waals surface area contributed by atoms with Gasteiger partial charge < -0.3 is 19.9 Å². The molecule has 3 aliphatic rings. The summed E-state index contributed by atoms with van der Waals surface area (Å²) in [4.78, 5) is 27.2. The number of hydrogen-bond donors (Lipinski definition) is 1. The Labute approximate surface area is 214 Å². The molecule has 1 aromatic heterocycles. The van der Waals surface area contributed by atoms with Crippen molar-refractivity contribution in [3.63, 3.8) is 0 Å². The molecule has 1 spiro atoms. The Hall–Kier alpha value is -3.08. The minimum Gasteiger partial charge on any atom is -0.480 e. The second kappa shape index (κ2) is 9.66. The third kappa shape index (κ3) is 5.18. The first-order valence-corrected chi connectivity index (χ1v) is 12.7. The van der Waals surface area contributed by atoms with E-state index in [1.807, 2.05) is 24.8 Å². The zero-order valence-corrected chi connectivity index (χ0v) is 21.3. The lowest BCUT2D eigenvalue weighted by Crippen LogP contribution is -2.68. The van der Waals surface area contributed by atoms with Crippen LogP contribution in [0.3, 0.4) is 0 Å². The summed E-state index contributed by atoms with van der Waals surface area (Å²) in [6.45, 7) is 7.78. The standard InChI is InChI=1S/C26H33F3N6O2/c1-17-12-34(23-30-11-21(26(27,28)29)22(32-23)37-3)13-18(2)35(17)24(36)31-20-9-25(10-20)15-33(16-25)14-19-7-5-4-6-8-19/h4-8,11,17-18,20H,9-10,12-16H2,1-3H3,(H,31,36)/t17-,18+. The molecule has 2 saturated heterocycles. The Balaban J connectivity index is 1.12. The summed E-state index contributed by atoms with van der Waals surface area (Å²) in [7, 11) is 1.16. The lowest BCUT2D eigenvalue weighted by molar-refractivity contribution is -0.139. The van der Waals surface area contributed by atoms with Crippen molar-refractivity contribution in [2.45, 2.75) is 57.5 Å². The third-order valence-electron chi connectivity index (χ3n) is 7.73. The molecule has 0 bridgehead atoms. The van der Waals surface area contributed by atoms with Gasteiger partial charge in [0.2, 0.25) is 11.8 Å². The van der Waals surface area contributed by atoms with Crippen LogP contribution < -0.4 is 15.0 Å². The van der Waals surface area contributed by atoms with E-state index in [9.17, 15) is 18.0 Å². The van der Waals surface area contributed by atoms with Gasteiger partial charge in [0.25, 0.3) is 0 Å². The van der Waals surface area contributed by atoms with Crippen LogP contribution in [0.15, 0.2) is 36.5 Å². The fourth-order valence-electron chi connectivity index (χ4n) is 6.20. The van der Waals surface area contributed by atoms with Crippen LogP contribution in [0.4, 0.5) is 23.9 Å². The first kappa shape index (κ1) is 25.6. The van der Waals surface area contributed by atoms with Crippen LogP contribution in [0, 0.1) is 5.41 Å². The number of methoxy groups -OCH3 is 1. The normalized spacial score (nSPS) is 23.9. The predicted molar refractivity (Wildman–Crippen MR) is 132 cm³/mol. The number of nitrogens with zero attached hydrogens (tertiary/aromatic N) is 5. The van der Waals surface area contributed by atoms with Crippen LogP contribution in [0.1, 0.15) is 37.8 Å². The molecular weight excluding hydrogens is 485 g/mol. The Kier molecular flexibility index (Phi) is 6.68. The highest BCUT2D eigenvalue weighted by Gasteiger charge is 2.52. The molecule has 1 aliphatic carbocycles. The summed E-state index contributed by atoms with van der Waals surface area (Å²) in [6.07, 6.45) is -1.86. The van der Waals surface area contributed by atoms with E-state index in [-0.39, 0.29) is 30.1 Å². The second-order valence-corrected chi connectivity index (χ2v) is 10.8. The SMILES string of the molecule is COc1nc(N2C[C@@H](C)N(C(=O)NC3CC4(C3)CN(Cc3ccccc3)C4)[C@@H](C)C2)ncc1C(F)(F)F. The van der Waals surface area contributed by atoms with Gasteiger partial charge in [0, 0.05) is 57.0 Å². The number of benzene rings is 1. The molecule has 1 saturated carbocycles. The molecule has 200 valence electrons. The molecular formula is C26H33F3N6O2. The van der Waals surface area contributed by atoms with Gasteiger partial charge in [-0.1, -0.05) is 30.3 Å². The summed E-state index contributed by atoms with van der Waals surface area (Å²) in [5, 5.41) is 3.21. The molecule has 5 rings (SSSR count). The highest BCUT2D eigenvalue weighted by Crippen LogP contribution is 2.48. The van der Waals surface area contributed by atoms with E-state index < -0.39 is 17.6 Å². The number of carbonyl (C=O) groups is 1. The topological polar surface area (TPSA) is 73.8 Å². The lowest BCUT2D eigenvalue weighted by Gasteiger charge is -2.59. The molecule has 2 amide bonds. The van der Waals surface area contributed by atoms with Crippen molar-refractivity contribution in [1.82, 2.24) is 25.1 Å². The molecule has 37 heavy (non-hydrogen) atoms. The maximum atomic E-state index is 13.2. The first-order chi connectivity index (χ1) is 17.6. The summed E-state index contributed by atoms with van der Waals surface area (Å²) >= 11 is 0. The van der Waals surface area contributed by atoms with Crippen molar-refractivity contribution in [3.05, 3.63) is 47.7 Å². The number of amides is 2. The van der Waals surface area contributed by atoms with Crippen molar-refractivity contribution >= 4 is 12.0 Å². The average molecular weight is 519 g/mol. The first-order valence-electron chi connectivity index (χ1n) is 12.7. The van der Waals surface area contributed by atoms with Crippen LogP contribution in [-0.4, -0.2) is 77.2 Å². The number of halogens is 3. The van der Waals surface area contributed by atoms with Gasteiger partial charge in [0.1, 0.15) is 5.56 Å². The monoisotopic (exact) mass is 518 g/mol. The molecule has 3 heterocycles. The largest absolute Gasteiger partial charge is 0.480 e. The van der Waals surface area contributed by atoms with Crippen molar-refractivity contribution in [2.24, 2.45) is 5.41 Å². The number of hydrogen-bond acceptors (Lipinski definition) is 6. The Morgan fingerprint density at radius 2 is 1.78 bits per heavy atom. The number of alkyl halides is 3. The van der Waals surface area contributed by atoms with Gasteiger partial charge in [0.05, 0.1) is 7.11 Å². The number of carbonyl (C=O) groups excluding carboxylic acids is 1. The minimum atomic E-state index is -4.60. The molecule has 3 fully saturated rings. The van der Waals surface area contributed by atoms with Gasteiger partial charge in [-0.3, -0.25) is 4.90 Å². The number of piperazine rings is 1. The zero-order valence-electron chi connectivity index (χ0n) is 21.3. The second-order valence-electron chi connectivity index (χ2n) is 10.8. The predicted octanol–water partition coefficient (Wildman–Crippen LogP) is 3.78. The zero-order chi connectivity index (χ0) is 26.4. The van der Waals surface area contributed by atoms with Crippen molar-refractivity contribution in [1.29, 1.82) is 0 Å². The van der Waals surface area contributed by atoms with Crippen LogP contribution in [0.2, 0.25) is 0 Å². The molecule has 0 unspecified atom stereocenters. The van der Waals surface area contributed by atoms with Crippen LogP contribution in [0.5, 0.6) is 5.88 Å². The van der Waals surface area contributed by atoms with Gasteiger partial charge in [0.15, 0.2) is 0 Å². The lowest BCUT2D eigenvalue weighted by atomic mass is 9.60. The molecule has 2 aromatic rings. The van der Waals surface area contributed by atoms with E-state index in [1.165, 1.54) is 5.56 Å². The van der Waals surface area contributed by atoms with E-state index >= 15 is 0 Å². The number of nitrogens with one attached hydrogen (secondary N) is 1. The van der Waals surface area contributed by atoms with Crippen molar-refractivity contribution < 1.29 is 22.7 Å². The number of ether oxygens (including phenoxy) is 1. The van der Waals surface area contributed by atoms with E-state index in [0.29, 0.717) is 18.5 Å². The minimum absolute atomic E-state index is 0.0918. The van der Waals surface area contributed by atoms with Gasteiger partial charge >= 0.3 is 12.2 Å². The third-order valence-corrected chi connectivity index (χ3v) is 7.73. The Bertz CT molecular complexity index is 1110. The van der Waals surface area contributed by atoms with Crippen molar-refractivity contribution in [2.75, 3.05) is 38.2 Å². The summed E-state index contributed by atoms with van der Waals surface area (Å²) in [5.41, 5.74) is 0.635. The number of likely N-dealkylation sites (tertiary alicyclic amines) is 1. The molecule has 0 radical (unpaired) electrons. The Morgan fingerprint density at radius 1 is 1.14 bits per heavy atom. The van der Waals surface area contributed by atoms with Gasteiger partial charge in [-0.05, 0) is 37.7 Å². The molecule has 2 aliphatic heterocycles. The Morgan fingerprint density at radius 3 is 2.38 bits per heavy atom. The fourth-order valence-corrected chi connectivity index (χ4v) is 6.20. The molecule has 1 N–H and O–H groups in total. The summed E-state index contributed by atoms with van der Waals surface area (Å²) in [5.74, 6) is -0.343. The van der Waals surface area contributed by atoms with Crippen LogP contribution in [0.25, 0.3) is 0 Å². The van der Waals surface area contributed by atoms with Gasteiger partial charge in [-0.25, -0.2) is 9.78 Å². The number of rotatable bonds is 5. The molecule has 1 aromatic carbocycles. The van der Waals surface area contributed by atoms with Crippen LogP contribution in [-0.2, 0) is 12.7 Å². The molecule has 2 atom stereocenters. The molecule has 11 heteroatoms. The quantitative estimate of drug-likeness (QED) is 0.650. The van der Waals surface area contributed by atoms with Gasteiger partial charge in [-0.2, -0.15) is 18.2 Å². The highest BCUT2D eigenvalue weighted by molar-refractivity contribution is 5.76. The number of aromatic nitrogens is 2. The highest BCUT2D eigenvalue weighted by atomic mass is 19.4. The van der Waals surface area contributed by atoms with E-state index in [2.05, 4.69) is 44.5 Å². The summed E-state index contributed by atoms with van der Waals surface area (Å²) in [6, 6.07) is 10.2. The van der Waals surface area contributed by atoms with Crippen LogP contribution >= 0.6 is 0 Å². The maximum Gasteiger partial charge on any atom is 0.423 e. The van der Waals surface area contributed by atoms with E-state index in [0.717, 1.165) is 45.8 Å². The smallest absolute Gasteiger partial charge is 0.423 e. The van der Waals surface area contributed by atoms with Crippen molar-refractivity contribution in [3.8, 4) is 5.88 Å². The number of anilines is 1.